The Balaban J connectivity index is 0.775. The van der Waals surface area contributed by atoms with E-state index in [1.54, 1.807) is 51.4 Å². The van der Waals surface area contributed by atoms with Crippen molar-refractivity contribution in [3.8, 4) is 0 Å². The molecule has 0 heteroatoms. The Hall–Kier alpha value is 0. The largest absolute Gasteiger partial charge is 0.0654 e. The van der Waals surface area contributed by atoms with E-state index in [1.165, 1.54) is 77.4 Å². The second-order valence-corrected chi connectivity index (χ2v) is 23.8. The van der Waals surface area contributed by atoms with E-state index < -0.39 is 0 Å². The third-order valence-electron chi connectivity index (χ3n) is 28.8. The molecule has 0 radical (unpaired) electrons. The minimum atomic E-state index is 0.670. The van der Waals surface area contributed by atoms with Crippen molar-refractivity contribution in [3.05, 3.63) is 0 Å². The monoisotopic (exact) mass is 568 g/mol. The molecule has 18 aliphatic rings. The Morgan fingerprint density at radius 2 is 1.33 bits per heavy atom. The van der Waals surface area contributed by atoms with Gasteiger partial charge in [-0.05, 0) is 211 Å². The topological polar surface area (TPSA) is 0 Å². The summed E-state index contributed by atoms with van der Waals surface area (Å²) in [7, 11) is 0. The lowest BCUT2D eigenvalue weighted by molar-refractivity contribution is -0.841. The highest BCUT2D eigenvalue weighted by Gasteiger charge is 3.28. The molecule has 0 saturated heterocycles. The number of hydrogen-bond donors (Lipinski definition) is 0. The summed E-state index contributed by atoms with van der Waals surface area (Å²) in [6.45, 7) is 16.9. The summed E-state index contributed by atoms with van der Waals surface area (Å²) in [5.74, 6) is 19.6. The highest BCUT2D eigenvalue weighted by molar-refractivity contribution is 5.74. The molecule has 0 bridgehead atoms. The second-order valence-electron chi connectivity index (χ2n) is 23.8. The lowest BCUT2D eigenvalue weighted by Crippen LogP contribution is -3.27. The van der Waals surface area contributed by atoms with Gasteiger partial charge in [-0.1, -0.05) is 48.0 Å². The van der Waals surface area contributed by atoms with Crippen LogP contribution in [0.4, 0.5) is 0 Å². The van der Waals surface area contributed by atoms with Crippen molar-refractivity contribution in [1.82, 2.24) is 0 Å². The lowest BCUT2D eigenvalue weighted by Gasteiger charge is -3.30. The van der Waals surface area contributed by atoms with Crippen LogP contribution in [0.3, 0.4) is 0 Å². The van der Waals surface area contributed by atoms with E-state index in [1.807, 2.05) is 0 Å². The Bertz CT molecular complexity index is 1810. The smallest absolute Gasteiger partial charge is 0.00299 e. The molecule has 0 aromatic heterocycles. The van der Waals surface area contributed by atoms with Crippen LogP contribution in [0.2, 0.25) is 0 Å². The molecule has 43 heavy (non-hydrogen) atoms. The summed E-state index contributed by atoms with van der Waals surface area (Å²) in [5, 5.41) is 0. The van der Waals surface area contributed by atoms with E-state index >= 15 is 0 Å². The zero-order valence-corrected chi connectivity index (χ0v) is 27.6. The van der Waals surface area contributed by atoms with Crippen LogP contribution in [0.1, 0.15) is 99.3 Å². The van der Waals surface area contributed by atoms with Gasteiger partial charge in [0, 0.05) is 0 Å². The molecule has 0 N–H and O–H groups in total. The molecule has 0 aromatic rings. The van der Waals surface area contributed by atoms with Crippen molar-refractivity contribution >= 4 is 0 Å². The van der Waals surface area contributed by atoms with Gasteiger partial charge in [0.25, 0.3) is 0 Å². The minimum Gasteiger partial charge on any atom is -0.0654 e. The zero-order valence-electron chi connectivity index (χ0n) is 27.6. The second kappa shape index (κ2) is 4.24. The Labute approximate surface area is 258 Å². The van der Waals surface area contributed by atoms with Crippen molar-refractivity contribution in [3.63, 3.8) is 0 Å². The summed E-state index contributed by atoms with van der Waals surface area (Å²) >= 11 is 0. The maximum Gasteiger partial charge on any atom is -0.00299 e. The van der Waals surface area contributed by atoms with Crippen molar-refractivity contribution < 1.29 is 0 Å². The van der Waals surface area contributed by atoms with Gasteiger partial charge in [-0.15, -0.1) is 0 Å². The van der Waals surface area contributed by atoms with Gasteiger partial charge in [0.2, 0.25) is 0 Å². The van der Waals surface area contributed by atoms with Gasteiger partial charge < -0.3 is 0 Å². The Kier molecular flexibility index (Phi) is 2.08. The molecule has 7 spiro atoms. The quantitative estimate of drug-likeness (QED) is 0.312. The molecule has 18 saturated carbocycles. The third kappa shape index (κ3) is 0.833. The van der Waals surface area contributed by atoms with E-state index in [4.69, 9.17) is 0 Å². The van der Waals surface area contributed by atoms with Gasteiger partial charge in [-0.25, -0.2) is 0 Å². The first-order valence-corrected chi connectivity index (χ1v) is 20.7. The average molecular weight is 569 g/mol. The molecule has 28 unspecified atom stereocenters. The van der Waals surface area contributed by atoms with Crippen LogP contribution in [0.25, 0.3) is 0 Å². The molecule has 18 rings (SSSR count). The van der Waals surface area contributed by atoms with Crippen LogP contribution in [-0.4, -0.2) is 0 Å². The van der Waals surface area contributed by atoms with Crippen molar-refractivity contribution in [2.24, 2.45) is 160 Å². The first-order chi connectivity index (χ1) is 20.7. The van der Waals surface area contributed by atoms with Gasteiger partial charge in [0.1, 0.15) is 0 Å². The third-order valence-corrected chi connectivity index (χ3v) is 28.8. The molecular weight excluding hydrogens is 516 g/mol. The van der Waals surface area contributed by atoms with Crippen LogP contribution in [0.5, 0.6) is 0 Å². The summed E-state index contributed by atoms with van der Waals surface area (Å²) in [6, 6.07) is 0. The zero-order chi connectivity index (χ0) is 27.6. The first-order valence-electron chi connectivity index (χ1n) is 20.7. The molecule has 0 aromatic carbocycles. The normalized spacial score (nSPS) is 98.1. The SMILES string of the molecule is CCCC12CC3C(C)C4(C)C5(C)C6(C)C(C)C7CC8C1(CCC1C9CC%10C%11C%12C%13CC%14CC%15C%16C%17C1C9%10C%11%17C%12%16C%14%13%15)C5(C786)C324. The van der Waals surface area contributed by atoms with Gasteiger partial charge in [0.15, 0.2) is 0 Å². The fourth-order valence-corrected chi connectivity index (χ4v) is 31.5. The fraction of sp³-hybridized carbons (Fsp3) is 1.00. The minimum absolute atomic E-state index is 0.670. The summed E-state index contributed by atoms with van der Waals surface area (Å²) in [4.78, 5) is 0. The fourth-order valence-electron chi connectivity index (χ4n) is 31.5. The van der Waals surface area contributed by atoms with Crippen LogP contribution in [-0.2, 0) is 0 Å². The predicted molar refractivity (Wildman–Crippen MR) is 161 cm³/mol. The molecule has 0 amide bonds. The average Bonchev–Trinajstić information content (AvgIpc) is 2.92. The number of hydrogen-bond acceptors (Lipinski definition) is 0. The van der Waals surface area contributed by atoms with Crippen LogP contribution >= 0.6 is 0 Å². The summed E-state index contributed by atoms with van der Waals surface area (Å²) in [5.41, 5.74) is 10.3. The highest BCUT2D eigenvalue weighted by Crippen LogP contribution is 3.31. The van der Waals surface area contributed by atoms with Crippen molar-refractivity contribution in [2.45, 2.75) is 99.3 Å². The molecule has 0 nitrogen and oxygen atoms in total. The molecule has 224 valence electrons. The Morgan fingerprint density at radius 3 is 2.07 bits per heavy atom. The summed E-state index contributed by atoms with van der Waals surface area (Å²) in [6.07, 6.45) is 15.1. The van der Waals surface area contributed by atoms with Gasteiger partial charge in [-0.3, -0.25) is 0 Å². The predicted octanol–water partition coefficient (Wildman–Crippen LogP) is 8.56. The van der Waals surface area contributed by atoms with Crippen LogP contribution in [0.15, 0.2) is 0 Å². The lowest BCUT2D eigenvalue weighted by atomic mass is 8.73. The van der Waals surface area contributed by atoms with Crippen molar-refractivity contribution in [2.75, 3.05) is 0 Å². The van der Waals surface area contributed by atoms with Gasteiger partial charge in [0.05, 0.1) is 0 Å². The molecular formula is C43H52. The first kappa shape index (κ1) is 21.1. The molecule has 0 heterocycles. The summed E-state index contributed by atoms with van der Waals surface area (Å²) < 4.78 is 0. The van der Waals surface area contributed by atoms with E-state index in [0.717, 1.165) is 72.4 Å². The number of fused-ring (bicyclic) bond motifs is 10. The van der Waals surface area contributed by atoms with Crippen LogP contribution < -0.4 is 0 Å². The molecule has 18 fully saturated rings. The maximum absolute atomic E-state index is 2.98. The van der Waals surface area contributed by atoms with Crippen molar-refractivity contribution in [1.29, 1.82) is 0 Å². The number of rotatable bonds is 5. The molecule has 0 aliphatic heterocycles. The Morgan fingerprint density at radius 1 is 0.628 bits per heavy atom. The van der Waals surface area contributed by atoms with Crippen LogP contribution in [0, 0.1) is 160 Å². The molecule has 18 aliphatic carbocycles. The van der Waals surface area contributed by atoms with E-state index in [0.29, 0.717) is 16.2 Å². The highest BCUT2D eigenvalue weighted by atomic mass is 15.3. The standard InChI is InChI=1S/C43H52/c1-7-9-35-15-25-17(3)33(5)34(6)32(4)16(2)20-14-26-36(35,43(34,39(20,26)32)42(25,33)35)10-8-19-21-13-24-29-28-22-11-18-12-23-30-31-27(19)38(21,24)41(29,31)40(28,30)37(18,22)23/h16-31H,7-15H2,1-6H3. The van der Waals surface area contributed by atoms with E-state index in [9.17, 15) is 0 Å². The molecule has 28 atom stereocenters. The van der Waals surface area contributed by atoms with E-state index in [2.05, 4.69) is 41.5 Å². The van der Waals surface area contributed by atoms with Gasteiger partial charge in [-0.2, -0.15) is 0 Å². The van der Waals surface area contributed by atoms with Gasteiger partial charge >= 0.3 is 0 Å². The van der Waals surface area contributed by atoms with E-state index in [-0.39, 0.29) is 0 Å². The maximum atomic E-state index is 2.98.